The summed E-state index contributed by atoms with van der Waals surface area (Å²) in [5, 5.41) is 19.9. The molecular formula is C18H25NO. The second kappa shape index (κ2) is 5.58. The van der Waals surface area contributed by atoms with Gasteiger partial charge in [0.25, 0.3) is 0 Å². The summed E-state index contributed by atoms with van der Waals surface area (Å²) < 4.78 is 0. The lowest BCUT2D eigenvalue weighted by molar-refractivity contribution is -0.0293. The number of aryl methyl sites for hydroxylation is 1. The zero-order chi connectivity index (χ0) is 14.9. The van der Waals surface area contributed by atoms with Crippen LogP contribution in [-0.2, 0) is 0 Å². The molecule has 0 spiro atoms. The lowest BCUT2D eigenvalue weighted by atomic mass is 9.61. The average molecular weight is 271 g/mol. The summed E-state index contributed by atoms with van der Waals surface area (Å²) in [4.78, 5) is 0. The minimum absolute atomic E-state index is 0.166. The van der Waals surface area contributed by atoms with Crippen LogP contribution in [0.25, 0.3) is 0 Å². The molecule has 108 valence electrons. The van der Waals surface area contributed by atoms with Crippen molar-refractivity contribution in [1.82, 2.24) is 0 Å². The molecule has 0 saturated heterocycles. The molecule has 3 atom stereocenters. The van der Waals surface area contributed by atoms with Crippen LogP contribution in [0.15, 0.2) is 18.2 Å². The zero-order valence-corrected chi connectivity index (χ0v) is 13.0. The molecule has 0 heterocycles. The number of hydrogen-bond acceptors (Lipinski definition) is 2. The van der Waals surface area contributed by atoms with Crippen molar-refractivity contribution in [2.75, 3.05) is 0 Å². The van der Waals surface area contributed by atoms with Crippen LogP contribution in [0.2, 0.25) is 0 Å². The first-order valence-electron chi connectivity index (χ1n) is 7.55. The molecule has 0 radical (unpaired) electrons. The minimum atomic E-state index is -0.438. The summed E-state index contributed by atoms with van der Waals surface area (Å²) in [7, 11) is 0. The molecule has 1 saturated carbocycles. The molecule has 2 heteroatoms. The number of benzene rings is 1. The Balaban J connectivity index is 2.32. The second-order valence-electron chi connectivity index (χ2n) is 7.01. The highest BCUT2D eigenvalue weighted by atomic mass is 16.3. The first-order chi connectivity index (χ1) is 9.36. The van der Waals surface area contributed by atoms with Gasteiger partial charge in [0.15, 0.2) is 0 Å². The van der Waals surface area contributed by atoms with E-state index >= 15 is 0 Å². The van der Waals surface area contributed by atoms with Crippen LogP contribution in [0.1, 0.15) is 62.8 Å². The second-order valence-corrected chi connectivity index (χ2v) is 7.01. The van der Waals surface area contributed by atoms with Crippen LogP contribution in [0, 0.1) is 35.5 Å². The van der Waals surface area contributed by atoms with E-state index in [1.807, 2.05) is 25.1 Å². The van der Waals surface area contributed by atoms with Gasteiger partial charge in [-0.15, -0.1) is 0 Å². The van der Waals surface area contributed by atoms with Crippen LogP contribution in [0.5, 0.6) is 0 Å². The van der Waals surface area contributed by atoms with Crippen molar-refractivity contribution in [2.45, 2.75) is 53.1 Å². The standard InChI is InChI=1S/C18H25NO/c1-12-6-5-9-18(3,4)16(12)17(20)14-7-8-15(11-19)13(2)10-14/h7-8,10,12,16-17,20H,5-6,9H2,1-4H3/t12-,16-,17?/m0/s1. The summed E-state index contributed by atoms with van der Waals surface area (Å²) in [6.07, 6.45) is 3.19. The zero-order valence-electron chi connectivity index (χ0n) is 13.0. The number of aliphatic hydroxyl groups is 1. The monoisotopic (exact) mass is 271 g/mol. The summed E-state index contributed by atoms with van der Waals surface area (Å²) in [5.74, 6) is 0.813. The molecule has 1 unspecified atom stereocenters. The average Bonchev–Trinajstić information content (AvgIpc) is 2.37. The van der Waals surface area contributed by atoms with Gasteiger partial charge in [-0.1, -0.05) is 45.7 Å². The fraction of sp³-hybridized carbons (Fsp3) is 0.611. The third-order valence-electron chi connectivity index (χ3n) is 5.05. The lowest BCUT2D eigenvalue weighted by Crippen LogP contribution is -2.37. The van der Waals surface area contributed by atoms with Gasteiger partial charge in [0, 0.05) is 0 Å². The van der Waals surface area contributed by atoms with Crippen LogP contribution in [0.3, 0.4) is 0 Å². The van der Waals surface area contributed by atoms with Crippen LogP contribution < -0.4 is 0 Å². The fourth-order valence-corrected chi connectivity index (χ4v) is 3.94. The first-order valence-corrected chi connectivity index (χ1v) is 7.55. The van der Waals surface area contributed by atoms with Crippen molar-refractivity contribution >= 4 is 0 Å². The van der Waals surface area contributed by atoms with Gasteiger partial charge in [-0.2, -0.15) is 5.26 Å². The molecule has 1 fully saturated rings. The predicted molar refractivity (Wildman–Crippen MR) is 81.1 cm³/mol. The van der Waals surface area contributed by atoms with Gasteiger partial charge in [-0.25, -0.2) is 0 Å². The molecule has 2 nitrogen and oxygen atoms in total. The largest absolute Gasteiger partial charge is 0.388 e. The van der Waals surface area contributed by atoms with Crippen molar-refractivity contribution in [1.29, 1.82) is 5.26 Å². The van der Waals surface area contributed by atoms with Crippen LogP contribution in [-0.4, -0.2) is 5.11 Å². The van der Waals surface area contributed by atoms with E-state index in [2.05, 4.69) is 26.8 Å². The molecule has 0 bridgehead atoms. The Bertz CT molecular complexity index is 527. The number of hydrogen-bond donors (Lipinski definition) is 1. The molecule has 1 N–H and O–H groups in total. The lowest BCUT2D eigenvalue weighted by Gasteiger charge is -2.45. The highest BCUT2D eigenvalue weighted by Crippen LogP contribution is 2.49. The number of rotatable bonds is 2. The Labute approximate surface area is 122 Å². The van der Waals surface area contributed by atoms with Gasteiger partial charge < -0.3 is 5.11 Å². The molecule has 1 aromatic rings. The van der Waals surface area contributed by atoms with Gasteiger partial charge >= 0.3 is 0 Å². The van der Waals surface area contributed by atoms with Gasteiger partial charge in [0.05, 0.1) is 17.7 Å². The fourth-order valence-electron chi connectivity index (χ4n) is 3.94. The third-order valence-corrected chi connectivity index (χ3v) is 5.05. The third kappa shape index (κ3) is 2.74. The van der Waals surface area contributed by atoms with Crippen LogP contribution in [0.4, 0.5) is 0 Å². The molecule has 0 aromatic heterocycles. The summed E-state index contributed by atoms with van der Waals surface area (Å²) in [6.45, 7) is 8.73. The first kappa shape index (κ1) is 15.1. The Hall–Kier alpha value is -1.33. The molecule has 2 rings (SSSR count). The summed E-state index contributed by atoms with van der Waals surface area (Å²) in [6, 6.07) is 7.90. The van der Waals surface area contributed by atoms with Crippen molar-refractivity contribution in [3.8, 4) is 6.07 Å². The van der Waals surface area contributed by atoms with Crippen molar-refractivity contribution in [3.63, 3.8) is 0 Å². The van der Waals surface area contributed by atoms with Gasteiger partial charge in [0.1, 0.15) is 0 Å². The topological polar surface area (TPSA) is 44.0 Å². The maximum atomic E-state index is 10.9. The van der Waals surface area contributed by atoms with E-state index in [0.29, 0.717) is 11.5 Å². The van der Waals surface area contributed by atoms with E-state index < -0.39 is 6.10 Å². The van der Waals surface area contributed by atoms with E-state index in [0.717, 1.165) is 11.1 Å². The maximum Gasteiger partial charge on any atom is 0.0994 e. The molecular weight excluding hydrogens is 246 g/mol. The number of aliphatic hydroxyl groups excluding tert-OH is 1. The summed E-state index contributed by atoms with van der Waals surface area (Å²) in [5.41, 5.74) is 2.76. The van der Waals surface area contributed by atoms with Gasteiger partial charge in [0.2, 0.25) is 0 Å². The molecule has 0 amide bonds. The van der Waals surface area contributed by atoms with Gasteiger partial charge in [-0.3, -0.25) is 0 Å². The predicted octanol–water partition coefficient (Wildman–Crippen LogP) is 4.36. The smallest absolute Gasteiger partial charge is 0.0994 e. The SMILES string of the molecule is Cc1cc(C(O)[C@@H]2[C@@H](C)CCCC2(C)C)ccc1C#N. The Morgan fingerprint density at radius 2 is 2.10 bits per heavy atom. The van der Waals surface area contributed by atoms with Crippen molar-refractivity contribution in [3.05, 3.63) is 34.9 Å². The molecule has 20 heavy (non-hydrogen) atoms. The van der Waals surface area contributed by atoms with Gasteiger partial charge in [-0.05, 0) is 47.8 Å². The van der Waals surface area contributed by atoms with E-state index in [-0.39, 0.29) is 11.3 Å². The Kier molecular flexibility index (Phi) is 4.20. The molecule has 0 aliphatic heterocycles. The van der Waals surface area contributed by atoms with Crippen LogP contribution >= 0.6 is 0 Å². The summed E-state index contributed by atoms with van der Waals surface area (Å²) >= 11 is 0. The highest BCUT2D eigenvalue weighted by molar-refractivity contribution is 5.40. The number of nitriles is 1. The Morgan fingerprint density at radius 1 is 1.40 bits per heavy atom. The highest BCUT2D eigenvalue weighted by Gasteiger charge is 2.41. The quantitative estimate of drug-likeness (QED) is 0.868. The normalized spacial score (nSPS) is 26.8. The molecule has 1 aromatic carbocycles. The van der Waals surface area contributed by atoms with E-state index in [1.165, 1.54) is 19.3 Å². The van der Waals surface area contributed by atoms with Crippen molar-refractivity contribution in [2.24, 2.45) is 17.3 Å². The Morgan fingerprint density at radius 3 is 2.65 bits per heavy atom. The molecule has 1 aliphatic carbocycles. The van der Waals surface area contributed by atoms with E-state index in [1.54, 1.807) is 0 Å². The van der Waals surface area contributed by atoms with E-state index in [9.17, 15) is 5.11 Å². The van der Waals surface area contributed by atoms with Crippen molar-refractivity contribution < 1.29 is 5.11 Å². The van der Waals surface area contributed by atoms with E-state index in [4.69, 9.17) is 5.26 Å². The maximum absolute atomic E-state index is 10.9. The molecule has 1 aliphatic rings. The minimum Gasteiger partial charge on any atom is -0.388 e. The number of nitrogens with zero attached hydrogens (tertiary/aromatic N) is 1.